The molecule has 7 heteroatoms. The highest BCUT2D eigenvalue weighted by atomic mass is 16.2. The van der Waals surface area contributed by atoms with Crippen molar-refractivity contribution >= 4 is 22.9 Å². The second-order valence-electron chi connectivity index (χ2n) is 8.63. The molecule has 7 nitrogen and oxygen atoms in total. The van der Waals surface area contributed by atoms with Crippen LogP contribution in [0.25, 0.3) is 33.5 Å². The van der Waals surface area contributed by atoms with Crippen LogP contribution in [0.2, 0.25) is 0 Å². The van der Waals surface area contributed by atoms with Crippen LogP contribution in [-0.4, -0.2) is 25.0 Å². The fraction of sp³-hybridized carbons (Fsp3) is 0.320. The van der Waals surface area contributed by atoms with E-state index in [-0.39, 0.29) is 11.6 Å². The molecule has 4 aromatic rings. The van der Waals surface area contributed by atoms with Gasteiger partial charge in [-0.15, -0.1) is 0 Å². The third kappa shape index (κ3) is 3.98. The zero-order valence-electron chi connectivity index (χ0n) is 19.2. The summed E-state index contributed by atoms with van der Waals surface area (Å²) in [7, 11) is 1.80. The predicted molar refractivity (Wildman–Crippen MR) is 129 cm³/mol. The lowest BCUT2D eigenvalue weighted by molar-refractivity contribution is -0.115. The SMILES string of the molecule is CCC(=O)Nc1nc(-c2cccc(C)c2)c(-c2ccc3c(c2)n(C)c(=O)n3CC(C)C)[nH]1. The van der Waals surface area contributed by atoms with E-state index in [0.29, 0.717) is 24.8 Å². The van der Waals surface area contributed by atoms with Crippen LogP contribution < -0.4 is 11.0 Å². The zero-order chi connectivity index (χ0) is 23.0. The molecular formula is C25H29N5O2. The number of aromatic amines is 1. The molecule has 0 bridgehead atoms. The summed E-state index contributed by atoms with van der Waals surface area (Å²) in [6, 6.07) is 14.1. The Bertz CT molecular complexity index is 1360. The quantitative estimate of drug-likeness (QED) is 0.464. The van der Waals surface area contributed by atoms with E-state index >= 15 is 0 Å². The molecule has 0 aliphatic rings. The first kappa shape index (κ1) is 21.6. The average molecular weight is 432 g/mol. The van der Waals surface area contributed by atoms with Crippen molar-refractivity contribution in [3.8, 4) is 22.5 Å². The molecule has 1 amide bonds. The van der Waals surface area contributed by atoms with E-state index in [0.717, 1.165) is 39.1 Å². The number of hydrogen-bond donors (Lipinski definition) is 2. The Morgan fingerprint density at radius 3 is 2.59 bits per heavy atom. The van der Waals surface area contributed by atoms with Crippen molar-refractivity contribution in [1.29, 1.82) is 0 Å². The maximum absolute atomic E-state index is 12.8. The van der Waals surface area contributed by atoms with E-state index in [1.165, 1.54) is 0 Å². The van der Waals surface area contributed by atoms with E-state index in [1.807, 2.05) is 47.9 Å². The van der Waals surface area contributed by atoms with Gasteiger partial charge in [-0.2, -0.15) is 0 Å². The number of H-pyrrole nitrogens is 1. The summed E-state index contributed by atoms with van der Waals surface area (Å²) in [6.45, 7) is 8.71. The van der Waals surface area contributed by atoms with Gasteiger partial charge >= 0.3 is 5.69 Å². The Morgan fingerprint density at radius 2 is 1.91 bits per heavy atom. The topological polar surface area (TPSA) is 84.7 Å². The molecule has 2 N–H and O–H groups in total. The fourth-order valence-corrected chi connectivity index (χ4v) is 3.97. The molecule has 2 heterocycles. The lowest BCUT2D eigenvalue weighted by atomic mass is 10.0. The van der Waals surface area contributed by atoms with Crippen molar-refractivity contribution in [2.75, 3.05) is 5.32 Å². The Kier molecular flexibility index (Phi) is 5.74. The van der Waals surface area contributed by atoms with Crippen molar-refractivity contribution in [2.45, 2.75) is 40.7 Å². The molecule has 32 heavy (non-hydrogen) atoms. The van der Waals surface area contributed by atoms with Gasteiger partial charge in [-0.25, -0.2) is 9.78 Å². The molecule has 0 radical (unpaired) electrons. The summed E-state index contributed by atoms with van der Waals surface area (Å²) in [5.74, 6) is 0.669. The number of carbonyl (C=O) groups excluding carboxylic acids is 1. The minimum absolute atomic E-state index is 0.0229. The molecule has 0 saturated heterocycles. The number of aryl methyl sites for hydroxylation is 2. The lowest BCUT2D eigenvalue weighted by Gasteiger charge is -2.07. The third-order valence-electron chi connectivity index (χ3n) is 5.56. The Balaban J connectivity index is 1.89. The molecule has 2 aromatic carbocycles. The number of benzene rings is 2. The minimum atomic E-state index is -0.107. The first-order chi connectivity index (χ1) is 15.3. The summed E-state index contributed by atoms with van der Waals surface area (Å²) in [4.78, 5) is 32.7. The minimum Gasteiger partial charge on any atom is -0.323 e. The van der Waals surface area contributed by atoms with E-state index in [9.17, 15) is 9.59 Å². The number of rotatable bonds is 6. The maximum atomic E-state index is 12.8. The van der Waals surface area contributed by atoms with Gasteiger partial charge in [0.25, 0.3) is 0 Å². The van der Waals surface area contributed by atoms with Gasteiger partial charge < -0.3 is 4.98 Å². The molecule has 0 saturated carbocycles. The number of nitrogens with one attached hydrogen (secondary N) is 2. The molecule has 0 spiro atoms. The normalized spacial score (nSPS) is 11.4. The van der Waals surface area contributed by atoms with Crippen LogP contribution in [0, 0.1) is 12.8 Å². The molecule has 0 atom stereocenters. The van der Waals surface area contributed by atoms with Crippen LogP contribution in [0.1, 0.15) is 32.8 Å². The standard InChI is InChI=1S/C25H29N5O2/c1-6-21(31)26-24-27-22(17-9-7-8-16(4)12-17)23(28-24)18-10-11-19-20(13-18)29(5)25(32)30(19)14-15(2)3/h7-13,15H,6,14H2,1-5H3,(H2,26,27,28,31). The molecule has 166 valence electrons. The Morgan fingerprint density at radius 1 is 1.12 bits per heavy atom. The predicted octanol–water partition coefficient (Wildman–Crippen LogP) is 4.71. The van der Waals surface area contributed by atoms with Crippen LogP contribution >= 0.6 is 0 Å². The molecule has 0 fully saturated rings. The second kappa shape index (κ2) is 8.49. The van der Waals surface area contributed by atoms with Crippen LogP contribution in [0.15, 0.2) is 47.3 Å². The summed E-state index contributed by atoms with van der Waals surface area (Å²) < 4.78 is 3.51. The van der Waals surface area contributed by atoms with E-state index in [2.05, 4.69) is 35.2 Å². The van der Waals surface area contributed by atoms with Gasteiger partial charge in [0.1, 0.15) is 0 Å². The highest BCUT2D eigenvalue weighted by molar-refractivity contribution is 5.91. The van der Waals surface area contributed by atoms with Gasteiger partial charge in [-0.3, -0.25) is 19.2 Å². The van der Waals surface area contributed by atoms with Gasteiger partial charge in [-0.1, -0.05) is 50.6 Å². The molecule has 0 aliphatic heterocycles. The van der Waals surface area contributed by atoms with Gasteiger partial charge in [0.15, 0.2) is 0 Å². The second-order valence-corrected chi connectivity index (χ2v) is 8.63. The molecular weight excluding hydrogens is 402 g/mol. The number of hydrogen-bond acceptors (Lipinski definition) is 3. The van der Waals surface area contributed by atoms with Crippen molar-refractivity contribution in [2.24, 2.45) is 13.0 Å². The van der Waals surface area contributed by atoms with E-state index in [1.54, 1.807) is 18.5 Å². The monoisotopic (exact) mass is 431 g/mol. The van der Waals surface area contributed by atoms with Crippen LogP contribution in [-0.2, 0) is 18.4 Å². The molecule has 2 aromatic heterocycles. The number of imidazole rings is 2. The first-order valence-electron chi connectivity index (χ1n) is 10.9. The Labute approximate surface area is 187 Å². The van der Waals surface area contributed by atoms with Crippen molar-refractivity contribution in [1.82, 2.24) is 19.1 Å². The summed E-state index contributed by atoms with van der Waals surface area (Å²) in [5.41, 5.74) is 6.28. The highest BCUT2D eigenvalue weighted by Crippen LogP contribution is 2.33. The smallest absolute Gasteiger partial charge is 0.323 e. The van der Waals surface area contributed by atoms with E-state index < -0.39 is 0 Å². The largest absolute Gasteiger partial charge is 0.328 e. The fourth-order valence-electron chi connectivity index (χ4n) is 3.97. The molecule has 0 aliphatic carbocycles. The van der Waals surface area contributed by atoms with Gasteiger partial charge in [-0.05, 0) is 31.0 Å². The van der Waals surface area contributed by atoms with Crippen LogP contribution in [0.4, 0.5) is 5.95 Å². The maximum Gasteiger partial charge on any atom is 0.328 e. The van der Waals surface area contributed by atoms with Gasteiger partial charge in [0, 0.05) is 31.1 Å². The summed E-state index contributed by atoms with van der Waals surface area (Å²) in [5, 5.41) is 2.82. The number of anilines is 1. The van der Waals surface area contributed by atoms with Gasteiger partial charge in [0.2, 0.25) is 11.9 Å². The third-order valence-corrected chi connectivity index (χ3v) is 5.56. The Hall–Kier alpha value is -3.61. The van der Waals surface area contributed by atoms with Crippen molar-refractivity contribution in [3.05, 3.63) is 58.5 Å². The molecule has 4 rings (SSSR count). The van der Waals surface area contributed by atoms with E-state index in [4.69, 9.17) is 0 Å². The van der Waals surface area contributed by atoms with Gasteiger partial charge in [0.05, 0.1) is 22.4 Å². The number of carbonyl (C=O) groups is 1. The highest BCUT2D eigenvalue weighted by Gasteiger charge is 2.18. The van der Waals surface area contributed by atoms with Crippen LogP contribution in [0.5, 0.6) is 0 Å². The first-order valence-corrected chi connectivity index (χ1v) is 10.9. The zero-order valence-corrected chi connectivity index (χ0v) is 19.2. The van der Waals surface area contributed by atoms with Crippen molar-refractivity contribution < 1.29 is 4.79 Å². The average Bonchev–Trinajstić information content (AvgIpc) is 3.28. The van der Waals surface area contributed by atoms with Crippen molar-refractivity contribution in [3.63, 3.8) is 0 Å². The lowest BCUT2D eigenvalue weighted by Crippen LogP contribution is -2.24. The summed E-state index contributed by atoms with van der Waals surface area (Å²) >= 11 is 0. The number of fused-ring (bicyclic) bond motifs is 1. The number of nitrogens with zero attached hydrogens (tertiary/aromatic N) is 3. The molecule has 0 unspecified atom stereocenters. The number of amides is 1. The van der Waals surface area contributed by atoms with Crippen LogP contribution in [0.3, 0.4) is 0 Å². The number of aromatic nitrogens is 4. The summed E-state index contributed by atoms with van der Waals surface area (Å²) in [6.07, 6.45) is 0.368.